The average Bonchev–Trinajstić information content (AvgIpc) is 2.78. The zero-order valence-corrected chi connectivity index (χ0v) is 10.4. The summed E-state index contributed by atoms with van der Waals surface area (Å²) in [4.78, 5) is 14.3. The molecule has 3 nitrogen and oxygen atoms in total. The minimum Gasteiger partial charge on any atom is -0.341 e. The van der Waals surface area contributed by atoms with Gasteiger partial charge in [-0.3, -0.25) is 4.79 Å². The molecule has 0 aromatic rings. The van der Waals surface area contributed by atoms with Crippen LogP contribution in [0.2, 0.25) is 0 Å². The molecule has 3 heteroatoms. The van der Waals surface area contributed by atoms with Crippen molar-refractivity contribution >= 4 is 5.91 Å². The molecule has 2 aliphatic rings. The number of hydrogen-bond acceptors (Lipinski definition) is 2. The van der Waals surface area contributed by atoms with Crippen molar-refractivity contribution in [3.8, 4) is 0 Å². The summed E-state index contributed by atoms with van der Waals surface area (Å²) >= 11 is 0. The summed E-state index contributed by atoms with van der Waals surface area (Å²) in [6, 6.07) is 0.120. The van der Waals surface area contributed by atoms with Crippen molar-refractivity contribution in [1.82, 2.24) is 10.2 Å². The zero-order valence-electron chi connectivity index (χ0n) is 10.4. The van der Waals surface area contributed by atoms with E-state index in [1.165, 1.54) is 32.1 Å². The Morgan fingerprint density at radius 1 is 1.38 bits per heavy atom. The number of amides is 1. The number of likely N-dealkylation sites (tertiary alicyclic amines) is 1. The molecule has 2 unspecified atom stereocenters. The minimum absolute atomic E-state index is 0.120. The summed E-state index contributed by atoms with van der Waals surface area (Å²) in [5.41, 5.74) is 0. The molecule has 0 aromatic heterocycles. The van der Waals surface area contributed by atoms with Crippen molar-refractivity contribution in [1.29, 1.82) is 0 Å². The first-order valence-electron chi connectivity index (χ1n) is 6.83. The number of nitrogens with zero attached hydrogens (tertiary/aromatic N) is 1. The lowest BCUT2D eigenvalue weighted by Gasteiger charge is -2.27. The fourth-order valence-corrected chi connectivity index (χ4v) is 2.96. The highest BCUT2D eigenvalue weighted by Crippen LogP contribution is 2.22. The second-order valence-corrected chi connectivity index (χ2v) is 5.23. The topological polar surface area (TPSA) is 32.3 Å². The molecule has 2 atom stereocenters. The first kappa shape index (κ1) is 11.9. The van der Waals surface area contributed by atoms with Crippen LogP contribution in [0.3, 0.4) is 0 Å². The Bertz CT molecular complexity index is 236. The van der Waals surface area contributed by atoms with Crippen LogP contribution in [0.4, 0.5) is 0 Å². The highest BCUT2D eigenvalue weighted by Gasteiger charge is 2.30. The summed E-state index contributed by atoms with van der Waals surface area (Å²) in [6.45, 7) is 5.24. The van der Waals surface area contributed by atoms with Gasteiger partial charge in [-0.2, -0.15) is 0 Å². The van der Waals surface area contributed by atoms with Gasteiger partial charge in [0.1, 0.15) is 0 Å². The number of carbonyl (C=O) groups excluding carboxylic acids is 1. The second kappa shape index (κ2) is 5.67. The van der Waals surface area contributed by atoms with Gasteiger partial charge in [0, 0.05) is 13.1 Å². The molecule has 2 rings (SSSR count). The Morgan fingerprint density at radius 3 is 2.94 bits per heavy atom. The van der Waals surface area contributed by atoms with Gasteiger partial charge in [-0.25, -0.2) is 0 Å². The third-order valence-corrected chi connectivity index (χ3v) is 3.90. The van der Waals surface area contributed by atoms with Gasteiger partial charge in [-0.1, -0.05) is 19.8 Å². The van der Waals surface area contributed by atoms with E-state index in [4.69, 9.17) is 0 Å². The van der Waals surface area contributed by atoms with Crippen LogP contribution in [-0.4, -0.2) is 36.5 Å². The fraction of sp³-hybridized carbons (Fsp3) is 0.923. The first-order valence-corrected chi connectivity index (χ1v) is 6.83. The molecule has 2 aliphatic heterocycles. The molecular weight excluding hydrogens is 200 g/mol. The normalized spacial score (nSPS) is 30.7. The summed E-state index contributed by atoms with van der Waals surface area (Å²) in [5.74, 6) is 1.12. The molecule has 0 aromatic carbocycles. The molecule has 2 heterocycles. The van der Waals surface area contributed by atoms with Gasteiger partial charge in [0.25, 0.3) is 0 Å². The Hall–Kier alpha value is -0.570. The molecule has 0 radical (unpaired) electrons. The van der Waals surface area contributed by atoms with Crippen molar-refractivity contribution < 1.29 is 4.79 Å². The lowest BCUT2D eigenvalue weighted by atomic mass is 10.0. The van der Waals surface area contributed by atoms with Crippen molar-refractivity contribution in [3.05, 3.63) is 0 Å². The maximum atomic E-state index is 12.2. The van der Waals surface area contributed by atoms with E-state index in [2.05, 4.69) is 17.1 Å². The molecule has 1 amide bonds. The molecule has 0 spiro atoms. The van der Waals surface area contributed by atoms with E-state index in [9.17, 15) is 4.79 Å². The fourth-order valence-electron chi connectivity index (χ4n) is 2.96. The van der Waals surface area contributed by atoms with E-state index >= 15 is 0 Å². The standard InChI is InChI=1S/C13H24N2O/c1-2-5-11-7-9-15(10-11)13(16)12-6-3-4-8-14-12/h11-12,14H,2-10H2,1H3. The third-order valence-electron chi connectivity index (χ3n) is 3.90. The van der Waals surface area contributed by atoms with E-state index < -0.39 is 0 Å². The highest BCUT2D eigenvalue weighted by atomic mass is 16.2. The van der Waals surface area contributed by atoms with Gasteiger partial charge in [0.15, 0.2) is 0 Å². The summed E-state index contributed by atoms with van der Waals surface area (Å²) in [6.07, 6.45) is 7.20. The van der Waals surface area contributed by atoms with E-state index in [0.717, 1.165) is 32.0 Å². The second-order valence-electron chi connectivity index (χ2n) is 5.23. The van der Waals surface area contributed by atoms with Gasteiger partial charge < -0.3 is 10.2 Å². The van der Waals surface area contributed by atoms with Crippen LogP contribution in [0.1, 0.15) is 45.4 Å². The Balaban J connectivity index is 1.81. The van der Waals surface area contributed by atoms with Crippen LogP contribution in [0.25, 0.3) is 0 Å². The van der Waals surface area contributed by atoms with E-state index in [1.54, 1.807) is 0 Å². The van der Waals surface area contributed by atoms with Gasteiger partial charge in [0.05, 0.1) is 6.04 Å². The summed E-state index contributed by atoms with van der Waals surface area (Å²) < 4.78 is 0. The molecule has 2 saturated heterocycles. The average molecular weight is 224 g/mol. The zero-order chi connectivity index (χ0) is 11.4. The number of hydrogen-bond donors (Lipinski definition) is 1. The predicted octanol–water partition coefficient (Wildman–Crippen LogP) is 1.78. The molecule has 1 N–H and O–H groups in total. The summed E-state index contributed by atoms with van der Waals surface area (Å²) in [7, 11) is 0. The first-order chi connectivity index (χ1) is 7.81. The SMILES string of the molecule is CCCC1CCN(C(=O)C2CCCCN2)C1. The predicted molar refractivity (Wildman–Crippen MR) is 65.2 cm³/mol. The smallest absolute Gasteiger partial charge is 0.239 e. The molecule has 92 valence electrons. The maximum absolute atomic E-state index is 12.2. The van der Waals surface area contributed by atoms with E-state index in [-0.39, 0.29) is 6.04 Å². The molecule has 2 fully saturated rings. The quantitative estimate of drug-likeness (QED) is 0.792. The van der Waals surface area contributed by atoms with Crippen molar-refractivity contribution in [2.75, 3.05) is 19.6 Å². The lowest BCUT2D eigenvalue weighted by Crippen LogP contribution is -2.47. The molecule has 0 bridgehead atoms. The van der Waals surface area contributed by atoms with Crippen LogP contribution < -0.4 is 5.32 Å². The molecule has 0 aliphatic carbocycles. The monoisotopic (exact) mass is 224 g/mol. The van der Waals surface area contributed by atoms with Crippen LogP contribution in [0.5, 0.6) is 0 Å². The minimum atomic E-state index is 0.120. The third kappa shape index (κ3) is 2.76. The summed E-state index contributed by atoms with van der Waals surface area (Å²) in [5, 5.41) is 3.35. The highest BCUT2D eigenvalue weighted by molar-refractivity contribution is 5.82. The Kier molecular flexibility index (Phi) is 4.22. The van der Waals surface area contributed by atoms with Gasteiger partial charge >= 0.3 is 0 Å². The Labute approximate surface area is 98.6 Å². The van der Waals surface area contributed by atoms with Gasteiger partial charge in [0.2, 0.25) is 5.91 Å². The van der Waals surface area contributed by atoms with Crippen LogP contribution in [0.15, 0.2) is 0 Å². The Morgan fingerprint density at radius 2 is 2.25 bits per heavy atom. The van der Waals surface area contributed by atoms with Crippen molar-refractivity contribution in [2.24, 2.45) is 5.92 Å². The van der Waals surface area contributed by atoms with Crippen LogP contribution in [0, 0.1) is 5.92 Å². The van der Waals surface area contributed by atoms with Crippen molar-refractivity contribution in [2.45, 2.75) is 51.5 Å². The van der Waals surface area contributed by atoms with E-state index in [0.29, 0.717) is 5.91 Å². The molecular formula is C13H24N2O. The van der Waals surface area contributed by atoms with Crippen LogP contribution in [-0.2, 0) is 4.79 Å². The maximum Gasteiger partial charge on any atom is 0.239 e. The van der Waals surface area contributed by atoms with Gasteiger partial charge in [-0.05, 0) is 38.1 Å². The molecule has 16 heavy (non-hydrogen) atoms. The lowest BCUT2D eigenvalue weighted by molar-refractivity contribution is -0.133. The number of nitrogens with one attached hydrogen (secondary N) is 1. The number of piperidine rings is 1. The largest absolute Gasteiger partial charge is 0.341 e. The van der Waals surface area contributed by atoms with Gasteiger partial charge in [-0.15, -0.1) is 0 Å². The van der Waals surface area contributed by atoms with E-state index in [1.807, 2.05) is 0 Å². The molecule has 0 saturated carbocycles. The number of rotatable bonds is 3. The number of carbonyl (C=O) groups is 1. The van der Waals surface area contributed by atoms with Crippen molar-refractivity contribution in [3.63, 3.8) is 0 Å². The van der Waals surface area contributed by atoms with Crippen LogP contribution >= 0.6 is 0 Å².